The molecule has 0 aliphatic carbocycles. The van der Waals surface area contributed by atoms with E-state index in [1.165, 1.54) is 26.0 Å². The fraction of sp³-hybridized carbons (Fsp3) is 0.276. The van der Waals surface area contributed by atoms with E-state index in [9.17, 15) is 19.1 Å². The molecule has 0 bridgehead atoms. The zero-order chi connectivity index (χ0) is 26.0. The van der Waals surface area contributed by atoms with Gasteiger partial charge in [0.1, 0.15) is 0 Å². The zero-order valence-electron chi connectivity index (χ0n) is 20.8. The summed E-state index contributed by atoms with van der Waals surface area (Å²) < 4.78 is 21.6. The van der Waals surface area contributed by atoms with Gasteiger partial charge in [-0.05, 0) is 75.9 Å². The number of carboxylic acids is 1. The minimum atomic E-state index is -1.56. The van der Waals surface area contributed by atoms with E-state index in [4.69, 9.17) is 4.74 Å². The van der Waals surface area contributed by atoms with Crippen LogP contribution in [0.1, 0.15) is 53.1 Å². The topological polar surface area (TPSA) is 81.4 Å². The molecule has 0 spiro atoms. The van der Waals surface area contributed by atoms with Gasteiger partial charge in [0.05, 0.1) is 11.0 Å². The third-order valence-electron chi connectivity index (χ3n) is 6.21. The van der Waals surface area contributed by atoms with Gasteiger partial charge in [0.25, 0.3) is 0 Å². The van der Waals surface area contributed by atoms with E-state index in [0.717, 1.165) is 27.7 Å². The second-order valence-corrected chi connectivity index (χ2v) is 9.51. The van der Waals surface area contributed by atoms with Crippen molar-refractivity contribution in [2.45, 2.75) is 52.7 Å². The quantitative estimate of drug-likeness (QED) is 0.297. The van der Waals surface area contributed by atoms with Crippen molar-refractivity contribution in [2.75, 3.05) is 0 Å². The summed E-state index contributed by atoms with van der Waals surface area (Å²) in [5.41, 5.74) is 3.49. The summed E-state index contributed by atoms with van der Waals surface area (Å²) in [5, 5.41) is 9.30. The highest BCUT2D eigenvalue weighted by Crippen LogP contribution is 2.26. The Morgan fingerprint density at radius 2 is 1.81 bits per heavy atom. The number of hydrogen-bond acceptors (Lipinski definition) is 4. The molecule has 7 heteroatoms. The molecule has 4 aromatic rings. The summed E-state index contributed by atoms with van der Waals surface area (Å²) in [6, 6.07) is 17.9. The van der Waals surface area contributed by atoms with E-state index in [2.05, 4.69) is 4.98 Å². The number of aryl methyl sites for hydroxylation is 4. The molecule has 0 atom stereocenters. The number of ether oxygens (including phenoxy) is 1. The molecule has 3 aromatic carbocycles. The van der Waals surface area contributed by atoms with Crippen LogP contribution in [-0.4, -0.2) is 32.0 Å². The Morgan fingerprint density at radius 1 is 1.06 bits per heavy atom. The van der Waals surface area contributed by atoms with Crippen molar-refractivity contribution in [3.63, 3.8) is 0 Å². The number of rotatable bonds is 9. The molecule has 0 aliphatic rings. The molecule has 0 fully saturated rings. The van der Waals surface area contributed by atoms with Gasteiger partial charge in [0, 0.05) is 12.1 Å². The largest absolute Gasteiger partial charge is 0.478 e. The van der Waals surface area contributed by atoms with Crippen LogP contribution in [0.4, 0.5) is 4.39 Å². The lowest BCUT2D eigenvalue weighted by Crippen LogP contribution is -2.38. The zero-order valence-corrected chi connectivity index (χ0v) is 20.8. The van der Waals surface area contributed by atoms with Crippen LogP contribution in [0.25, 0.3) is 11.0 Å². The number of fused-ring (bicyclic) bond motifs is 1. The van der Waals surface area contributed by atoms with Crippen LogP contribution in [0.15, 0.2) is 60.7 Å². The molecule has 1 aromatic heterocycles. The molecule has 0 saturated carbocycles. The van der Waals surface area contributed by atoms with Crippen LogP contribution in [0.3, 0.4) is 0 Å². The maximum atomic E-state index is 14.3. The average Bonchev–Trinajstić information content (AvgIpc) is 3.19. The molecular formula is C29H29FN2O4. The molecule has 0 unspecified atom stereocenters. The van der Waals surface area contributed by atoms with Crippen LogP contribution >= 0.6 is 0 Å². The van der Waals surface area contributed by atoms with E-state index in [1.807, 2.05) is 60.9 Å². The van der Waals surface area contributed by atoms with Crippen LogP contribution in [0.5, 0.6) is 5.75 Å². The molecule has 4 rings (SSSR count). The van der Waals surface area contributed by atoms with Gasteiger partial charge in [-0.25, -0.2) is 14.2 Å². The standard InChI is InChI=1S/C29H29FN2O4/c1-18-11-13-21(19(2)16-18)26(33)27-31-23-9-5-6-10-24(23)32(27)15-7-8-20-12-14-22(30)25(17-20)36-29(3,4)28(34)35/h5-6,9-14,16-17H,7-8,15H2,1-4H3,(H,34,35). The number of ketones is 1. The SMILES string of the molecule is Cc1ccc(C(=O)c2nc3ccccc3n2CCCc2ccc(F)c(OC(C)(C)C(=O)O)c2)c(C)c1. The van der Waals surface area contributed by atoms with Crippen LogP contribution < -0.4 is 4.74 Å². The number of carboxylic acid groups (broad SMARTS) is 1. The summed E-state index contributed by atoms with van der Waals surface area (Å²) in [6.07, 6.45) is 1.23. The smallest absolute Gasteiger partial charge is 0.347 e. The highest BCUT2D eigenvalue weighted by Gasteiger charge is 2.30. The summed E-state index contributed by atoms with van der Waals surface area (Å²) in [5.74, 6) is -1.64. The summed E-state index contributed by atoms with van der Waals surface area (Å²) >= 11 is 0. The summed E-state index contributed by atoms with van der Waals surface area (Å²) in [4.78, 5) is 29.5. The Balaban J connectivity index is 1.58. The van der Waals surface area contributed by atoms with Crippen LogP contribution in [0, 0.1) is 19.7 Å². The van der Waals surface area contributed by atoms with Gasteiger partial charge in [-0.2, -0.15) is 0 Å². The molecule has 6 nitrogen and oxygen atoms in total. The number of para-hydroxylation sites is 2. The lowest BCUT2D eigenvalue weighted by Gasteiger charge is -2.22. The second-order valence-electron chi connectivity index (χ2n) is 9.51. The number of carbonyl (C=O) groups is 2. The Bertz CT molecular complexity index is 1460. The Kier molecular flexibility index (Phi) is 6.93. The lowest BCUT2D eigenvalue weighted by atomic mass is 10.0. The fourth-order valence-corrected chi connectivity index (χ4v) is 4.21. The molecule has 1 heterocycles. The Hall–Kier alpha value is -4.00. The van der Waals surface area contributed by atoms with E-state index in [-0.39, 0.29) is 11.5 Å². The number of nitrogens with zero attached hydrogens (tertiary/aromatic N) is 2. The molecule has 0 saturated heterocycles. The molecule has 0 aliphatic heterocycles. The Morgan fingerprint density at radius 3 is 2.53 bits per heavy atom. The first-order chi connectivity index (χ1) is 17.1. The van der Waals surface area contributed by atoms with Gasteiger partial charge in [0.15, 0.2) is 23.0 Å². The van der Waals surface area contributed by atoms with E-state index >= 15 is 0 Å². The highest BCUT2D eigenvalue weighted by atomic mass is 19.1. The van der Waals surface area contributed by atoms with Gasteiger partial charge in [-0.15, -0.1) is 0 Å². The van der Waals surface area contributed by atoms with Crippen molar-refractivity contribution < 1.29 is 23.8 Å². The second kappa shape index (κ2) is 9.93. The van der Waals surface area contributed by atoms with Crippen LogP contribution in [-0.2, 0) is 17.8 Å². The van der Waals surface area contributed by atoms with Gasteiger partial charge in [0.2, 0.25) is 5.78 Å². The maximum Gasteiger partial charge on any atom is 0.347 e. The van der Waals surface area contributed by atoms with E-state index in [1.54, 1.807) is 6.07 Å². The molecule has 186 valence electrons. The van der Waals surface area contributed by atoms with Crippen molar-refractivity contribution in [3.05, 3.63) is 94.6 Å². The number of aromatic nitrogens is 2. The minimum Gasteiger partial charge on any atom is -0.478 e. The molecular weight excluding hydrogens is 459 g/mol. The van der Waals surface area contributed by atoms with Crippen molar-refractivity contribution in [1.29, 1.82) is 0 Å². The van der Waals surface area contributed by atoms with Gasteiger partial charge < -0.3 is 14.4 Å². The highest BCUT2D eigenvalue weighted by molar-refractivity contribution is 6.09. The maximum absolute atomic E-state index is 14.3. The lowest BCUT2D eigenvalue weighted by molar-refractivity contribution is -0.152. The van der Waals surface area contributed by atoms with Gasteiger partial charge >= 0.3 is 5.97 Å². The number of halogens is 1. The van der Waals surface area contributed by atoms with Crippen molar-refractivity contribution in [3.8, 4) is 5.75 Å². The first-order valence-electron chi connectivity index (χ1n) is 11.8. The minimum absolute atomic E-state index is 0.0984. The average molecular weight is 489 g/mol. The fourth-order valence-electron chi connectivity index (χ4n) is 4.21. The molecule has 0 amide bonds. The first-order valence-corrected chi connectivity index (χ1v) is 11.8. The normalized spacial score (nSPS) is 11.6. The molecule has 1 N–H and O–H groups in total. The summed E-state index contributed by atoms with van der Waals surface area (Å²) in [7, 11) is 0. The Labute approximate surface area is 209 Å². The number of carbonyl (C=O) groups excluding carboxylic acids is 1. The van der Waals surface area contributed by atoms with Gasteiger partial charge in [-0.3, -0.25) is 4.79 Å². The predicted octanol–water partition coefficient (Wildman–Crippen LogP) is 5.90. The van der Waals surface area contributed by atoms with Crippen molar-refractivity contribution in [1.82, 2.24) is 9.55 Å². The van der Waals surface area contributed by atoms with Crippen molar-refractivity contribution in [2.24, 2.45) is 0 Å². The number of imidazole rings is 1. The third-order valence-corrected chi connectivity index (χ3v) is 6.21. The van der Waals surface area contributed by atoms with Gasteiger partial charge in [-0.1, -0.05) is 42.0 Å². The first kappa shape index (κ1) is 25.1. The monoisotopic (exact) mass is 488 g/mol. The van der Waals surface area contributed by atoms with E-state index < -0.39 is 17.4 Å². The molecule has 0 radical (unpaired) electrons. The predicted molar refractivity (Wildman–Crippen MR) is 136 cm³/mol. The third kappa shape index (κ3) is 5.15. The summed E-state index contributed by atoms with van der Waals surface area (Å²) in [6.45, 7) is 7.19. The number of aliphatic carboxylic acids is 1. The van der Waals surface area contributed by atoms with Crippen molar-refractivity contribution >= 4 is 22.8 Å². The van der Waals surface area contributed by atoms with E-state index in [0.29, 0.717) is 30.8 Å². The molecule has 36 heavy (non-hydrogen) atoms. The number of benzene rings is 3. The van der Waals surface area contributed by atoms with Crippen LogP contribution in [0.2, 0.25) is 0 Å². The number of hydrogen-bond donors (Lipinski definition) is 1.